The minimum atomic E-state index is -0.640. The highest BCUT2D eigenvalue weighted by molar-refractivity contribution is 6.42. The molecule has 31 heavy (non-hydrogen) atoms. The molecule has 7 nitrogen and oxygen atoms in total. The van der Waals surface area contributed by atoms with E-state index in [2.05, 4.69) is 4.99 Å². The maximum atomic E-state index is 12.3. The minimum absolute atomic E-state index is 0.0550. The summed E-state index contributed by atoms with van der Waals surface area (Å²) in [4.78, 5) is 28.0. The summed E-state index contributed by atoms with van der Waals surface area (Å²) >= 11 is 18.2. The van der Waals surface area contributed by atoms with Gasteiger partial charge in [0.05, 0.1) is 28.8 Å². The summed E-state index contributed by atoms with van der Waals surface area (Å²) in [5.74, 6) is -0.636. The van der Waals surface area contributed by atoms with Gasteiger partial charge in [0, 0.05) is 5.56 Å². The molecule has 1 aliphatic rings. The topological polar surface area (TPSA) is 83.4 Å². The number of methoxy groups -OCH3 is 1. The number of hydrogen-bond donors (Lipinski definition) is 0. The van der Waals surface area contributed by atoms with Crippen LogP contribution in [0.1, 0.15) is 18.1 Å². The first-order valence-electron chi connectivity index (χ1n) is 8.96. The van der Waals surface area contributed by atoms with E-state index < -0.39 is 11.9 Å². The van der Waals surface area contributed by atoms with Crippen molar-refractivity contribution in [3.63, 3.8) is 0 Å². The maximum Gasteiger partial charge on any atom is 0.363 e. The number of aliphatic imine (C=N–C) groups is 1. The van der Waals surface area contributed by atoms with Crippen LogP contribution in [-0.2, 0) is 19.1 Å². The van der Waals surface area contributed by atoms with Gasteiger partial charge in [-0.1, -0.05) is 34.8 Å². The van der Waals surface area contributed by atoms with Gasteiger partial charge >= 0.3 is 11.9 Å². The second-order valence-electron chi connectivity index (χ2n) is 6.09. The van der Waals surface area contributed by atoms with Crippen LogP contribution in [-0.4, -0.2) is 38.2 Å². The molecule has 0 spiro atoms. The summed E-state index contributed by atoms with van der Waals surface area (Å²) in [5, 5.41) is 0.860. The van der Waals surface area contributed by atoms with Crippen LogP contribution in [0.4, 0.5) is 0 Å². The van der Waals surface area contributed by atoms with Gasteiger partial charge in [-0.3, -0.25) is 0 Å². The molecule has 0 amide bonds. The number of carbonyl (C=O) groups is 2. The van der Waals surface area contributed by atoms with Crippen molar-refractivity contribution in [3.05, 3.63) is 62.2 Å². The normalized spacial score (nSPS) is 14.3. The third-order valence-corrected chi connectivity index (χ3v) is 5.00. The van der Waals surface area contributed by atoms with E-state index in [1.807, 2.05) is 0 Å². The molecule has 0 unspecified atom stereocenters. The number of carbonyl (C=O) groups excluding carboxylic acids is 2. The lowest BCUT2D eigenvalue weighted by Crippen LogP contribution is -2.15. The highest BCUT2D eigenvalue weighted by Gasteiger charge is 2.25. The lowest BCUT2D eigenvalue weighted by molar-refractivity contribution is -0.145. The fourth-order valence-corrected chi connectivity index (χ4v) is 3.19. The molecule has 162 valence electrons. The molecule has 1 aliphatic heterocycles. The van der Waals surface area contributed by atoms with Crippen molar-refractivity contribution >= 4 is 58.7 Å². The van der Waals surface area contributed by atoms with Crippen LogP contribution in [0.15, 0.2) is 41.0 Å². The zero-order valence-corrected chi connectivity index (χ0v) is 18.7. The smallest absolute Gasteiger partial charge is 0.363 e. The largest absolute Gasteiger partial charge is 0.493 e. The lowest BCUT2D eigenvalue weighted by Gasteiger charge is -2.12. The molecular weight excluding hydrogens is 469 g/mol. The molecule has 0 aliphatic carbocycles. The number of hydrogen-bond acceptors (Lipinski definition) is 7. The van der Waals surface area contributed by atoms with Gasteiger partial charge in [-0.05, 0) is 48.9 Å². The van der Waals surface area contributed by atoms with E-state index in [1.165, 1.54) is 19.3 Å². The zero-order chi connectivity index (χ0) is 22.5. The van der Waals surface area contributed by atoms with Crippen molar-refractivity contribution in [3.8, 4) is 11.5 Å². The molecule has 0 fully saturated rings. The van der Waals surface area contributed by atoms with Gasteiger partial charge in [0.15, 0.2) is 23.8 Å². The molecule has 0 saturated carbocycles. The summed E-state index contributed by atoms with van der Waals surface area (Å²) in [7, 11) is 1.42. The molecule has 0 saturated heterocycles. The Morgan fingerprint density at radius 3 is 2.58 bits per heavy atom. The Bertz CT molecular complexity index is 1100. The van der Waals surface area contributed by atoms with Crippen LogP contribution in [0.3, 0.4) is 0 Å². The Kier molecular flexibility index (Phi) is 7.43. The first kappa shape index (κ1) is 22.9. The quantitative estimate of drug-likeness (QED) is 0.409. The third kappa shape index (κ3) is 5.50. The number of esters is 2. The highest BCUT2D eigenvalue weighted by Crippen LogP contribution is 2.37. The van der Waals surface area contributed by atoms with Gasteiger partial charge in [0.2, 0.25) is 5.90 Å². The van der Waals surface area contributed by atoms with Gasteiger partial charge in [0.1, 0.15) is 0 Å². The minimum Gasteiger partial charge on any atom is -0.493 e. The van der Waals surface area contributed by atoms with Crippen LogP contribution in [0.25, 0.3) is 6.08 Å². The fourth-order valence-electron chi connectivity index (χ4n) is 2.62. The number of halogens is 3. The van der Waals surface area contributed by atoms with Gasteiger partial charge < -0.3 is 18.9 Å². The average Bonchev–Trinajstić information content (AvgIpc) is 3.09. The average molecular weight is 485 g/mol. The molecule has 2 aromatic rings. The predicted molar refractivity (Wildman–Crippen MR) is 117 cm³/mol. The standard InChI is InChI=1S/C21H16Cl3NO6/c1-3-29-18(26)10-30-19-15(24)6-11(8-17(19)28-2)7-16-21(27)31-20(25-16)12-4-5-13(22)14(23)9-12/h4-9H,3,10H2,1-2H3/b16-7-. The molecule has 0 atom stereocenters. The Labute approximate surface area is 193 Å². The van der Waals surface area contributed by atoms with Crippen molar-refractivity contribution in [2.24, 2.45) is 4.99 Å². The third-order valence-electron chi connectivity index (χ3n) is 3.98. The molecule has 0 N–H and O–H groups in total. The number of benzene rings is 2. The second-order valence-corrected chi connectivity index (χ2v) is 7.31. The summed E-state index contributed by atoms with van der Waals surface area (Å²) in [6.07, 6.45) is 1.48. The van der Waals surface area contributed by atoms with Crippen molar-refractivity contribution in [2.45, 2.75) is 6.92 Å². The summed E-state index contributed by atoms with van der Waals surface area (Å²) in [6, 6.07) is 7.89. The van der Waals surface area contributed by atoms with E-state index in [-0.39, 0.29) is 41.3 Å². The van der Waals surface area contributed by atoms with E-state index in [1.54, 1.807) is 31.2 Å². The van der Waals surface area contributed by atoms with E-state index in [9.17, 15) is 9.59 Å². The molecule has 10 heteroatoms. The Morgan fingerprint density at radius 1 is 1.13 bits per heavy atom. The van der Waals surface area contributed by atoms with E-state index in [0.717, 1.165) is 0 Å². The van der Waals surface area contributed by atoms with Gasteiger partial charge in [0.25, 0.3) is 0 Å². The van der Waals surface area contributed by atoms with Gasteiger partial charge in [-0.2, -0.15) is 0 Å². The van der Waals surface area contributed by atoms with Crippen LogP contribution in [0.5, 0.6) is 11.5 Å². The molecule has 0 bridgehead atoms. The van der Waals surface area contributed by atoms with Crippen molar-refractivity contribution in [1.29, 1.82) is 0 Å². The lowest BCUT2D eigenvalue weighted by atomic mass is 10.1. The molecule has 1 heterocycles. The first-order valence-corrected chi connectivity index (χ1v) is 10.1. The Balaban J connectivity index is 1.87. The zero-order valence-electron chi connectivity index (χ0n) is 16.4. The van der Waals surface area contributed by atoms with Crippen molar-refractivity contribution in [2.75, 3.05) is 20.3 Å². The van der Waals surface area contributed by atoms with E-state index in [4.69, 9.17) is 53.8 Å². The SMILES string of the molecule is CCOC(=O)COc1c(Cl)cc(/C=C2\N=C(c3ccc(Cl)c(Cl)c3)OC2=O)cc1OC. The summed E-state index contributed by atoms with van der Waals surface area (Å²) in [5.41, 5.74) is 1.07. The number of nitrogens with zero attached hydrogens (tertiary/aromatic N) is 1. The monoisotopic (exact) mass is 483 g/mol. The van der Waals surface area contributed by atoms with Crippen LogP contribution >= 0.6 is 34.8 Å². The highest BCUT2D eigenvalue weighted by atomic mass is 35.5. The summed E-state index contributed by atoms with van der Waals surface area (Å²) in [6.45, 7) is 1.60. The predicted octanol–water partition coefficient (Wildman–Crippen LogP) is 4.94. The molecule has 0 radical (unpaired) electrons. The van der Waals surface area contributed by atoms with Crippen molar-refractivity contribution in [1.82, 2.24) is 0 Å². The number of rotatable bonds is 7. The van der Waals surface area contributed by atoms with E-state index >= 15 is 0 Å². The molecule has 2 aromatic carbocycles. The second kappa shape index (κ2) is 10.0. The molecular formula is C21H16Cl3NO6. The number of ether oxygens (including phenoxy) is 4. The Morgan fingerprint density at radius 2 is 1.90 bits per heavy atom. The molecule has 0 aromatic heterocycles. The summed E-state index contributed by atoms with van der Waals surface area (Å²) < 4.78 is 20.8. The number of cyclic esters (lactones) is 1. The van der Waals surface area contributed by atoms with E-state index in [0.29, 0.717) is 21.2 Å². The van der Waals surface area contributed by atoms with Crippen molar-refractivity contribution < 1.29 is 28.5 Å². The van der Waals surface area contributed by atoms with Crippen LogP contribution in [0, 0.1) is 0 Å². The Hall–Kier alpha value is -2.74. The maximum absolute atomic E-state index is 12.3. The molecule has 3 rings (SSSR count). The van der Waals surface area contributed by atoms with Crippen LogP contribution in [0.2, 0.25) is 15.1 Å². The first-order chi connectivity index (χ1) is 14.8. The van der Waals surface area contributed by atoms with Gasteiger partial charge in [-0.15, -0.1) is 0 Å². The fraction of sp³-hybridized carbons (Fsp3) is 0.190. The van der Waals surface area contributed by atoms with Crippen LogP contribution < -0.4 is 9.47 Å². The van der Waals surface area contributed by atoms with Gasteiger partial charge in [-0.25, -0.2) is 14.6 Å².